The van der Waals surface area contributed by atoms with Gasteiger partial charge in [-0.15, -0.1) is 0 Å². The van der Waals surface area contributed by atoms with Crippen molar-refractivity contribution in [3.63, 3.8) is 0 Å². The summed E-state index contributed by atoms with van der Waals surface area (Å²) in [5.41, 5.74) is 35.4. The molecule has 4 nitrogen and oxygen atoms in total. The molecule has 0 spiro atoms. The smallest absolute Gasteiger partial charge is 0.138 e. The Morgan fingerprint density at radius 1 is 0.229 bits per heavy atom. The zero-order valence-corrected chi connectivity index (χ0v) is 57.2. The Morgan fingerprint density at radius 2 is 0.594 bits per heavy atom. The Kier molecular flexibility index (Phi) is 13.5. The first-order chi connectivity index (χ1) is 46.4. The fourth-order valence-corrected chi connectivity index (χ4v) is 17.2. The van der Waals surface area contributed by atoms with Crippen LogP contribution in [0.5, 0.6) is 0 Å². The second kappa shape index (κ2) is 21.7. The van der Waals surface area contributed by atoms with Gasteiger partial charge in [0, 0.05) is 64.7 Å². The highest BCUT2D eigenvalue weighted by Gasteiger charge is 2.40. The molecule has 0 amide bonds. The van der Waals surface area contributed by atoms with Crippen LogP contribution in [0.25, 0.3) is 132 Å². The zero-order chi connectivity index (χ0) is 65.9. The van der Waals surface area contributed by atoms with Gasteiger partial charge >= 0.3 is 0 Å². The van der Waals surface area contributed by atoms with Crippen LogP contribution < -0.4 is 0 Å². The molecule has 4 heteroatoms. The lowest BCUT2D eigenvalue weighted by Crippen LogP contribution is -2.14. The lowest BCUT2D eigenvalue weighted by Gasteiger charge is -2.21. The van der Waals surface area contributed by atoms with Gasteiger partial charge in [0.25, 0.3) is 0 Å². The van der Waals surface area contributed by atoms with Crippen LogP contribution in [0.3, 0.4) is 0 Å². The molecule has 0 saturated carbocycles. The van der Waals surface area contributed by atoms with Gasteiger partial charge in [-0.3, -0.25) is 0 Å². The van der Waals surface area contributed by atoms with Crippen molar-refractivity contribution in [2.45, 2.75) is 130 Å². The van der Waals surface area contributed by atoms with Gasteiger partial charge in [-0.2, -0.15) is 0 Å². The van der Waals surface area contributed by atoms with Crippen LogP contribution in [0.15, 0.2) is 236 Å². The molecular formula is C92H80O4. The van der Waals surface area contributed by atoms with Crippen molar-refractivity contribution in [1.29, 1.82) is 0 Å². The van der Waals surface area contributed by atoms with Crippen LogP contribution in [-0.4, -0.2) is 0 Å². The minimum Gasteiger partial charge on any atom is -0.456 e. The van der Waals surface area contributed by atoms with Crippen LogP contribution in [0.2, 0.25) is 0 Å². The zero-order valence-electron chi connectivity index (χ0n) is 57.2. The van der Waals surface area contributed by atoms with Crippen molar-refractivity contribution in [1.82, 2.24) is 0 Å². The molecule has 0 bridgehead atoms. The number of rotatable bonds is 4. The predicted octanol–water partition coefficient (Wildman–Crippen LogP) is 25.8. The van der Waals surface area contributed by atoms with Crippen molar-refractivity contribution >= 4 is 87.8 Å². The van der Waals surface area contributed by atoms with Gasteiger partial charge in [0.1, 0.15) is 44.7 Å². The molecule has 96 heavy (non-hydrogen) atoms. The van der Waals surface area contributed by atoms with E-state index < -0.39 is 0 Å². The summed E-state index contributed by atoms with van der Waals surface area (Å²) in [7, 11) is 0. The van der Waals surface area contributed by atoms with E-state index in [9.17, 15) is 0 Å². The Labute approximate surface area is 562 Å². The fraction of sp³-hybridized carbons (Fsp3) is 0.217. The second-order valence-electron chi connectivity index (χ2n) is 29.3. The van der Waals surface area contributed by atoms with Crippen molar-refractivity contribution in [3.05, 3.63) is 285 Å². The summed E-state index contributed by atoms with van der Waals surface area (Å²) in [5, 5.41) is 9.88. The molecule has 4 heterocycles. The maximum absolute atomic E-state index is 6.29. The Hall–Kier alpha value is -10.2. The largest absolute Gasteiger partial charge is 0.456 e. The highest BCUT2D eigenvalue weighted by Crippen LogP contribution is 2.55. The fourth-order valence-electron chi connectivity index (χ4n) is 17.2. The monoisotopic (exact) mass is 1250 g/mol. The number of hydrogen-bond acceptors (Lipinski definition) is 4. The van der Waals surface area contributed by atoms with Crippen molar-refractivity contribution in [2.75, 3.05) is 0 Å². The van der Waals surface area contributed by atoms with Crippen molar-refractivity contribution in [2.24, 2.45) is 0 Å². The van der Waals surface area contributed by atoms with Crippen molar-refractivity contribution < 1.29 is 17.7 Å². The molecule has 4 aliphatic rings. The molecule has 472 valence electrons. The summed E-state index contributed by atoms with van der Waals surface area (Å²) >= 11 is 0. The van der Waals surface area contributed by atoms with Crippen LogP contribution in [0, 0.1) is 0 Å². The van der Waals surface area contributed by atoms with E-state index in [0.717, 1.165) is 70.3 Å². The summed E-state index contributed by atoms with van der Waals surface area (Å²) in [6.45, 7) is 27.2. The number of hydrogen-bond donors (Lipinski definition) is 0. The van der Waals surface area contributed by atoms with Gasteiger partial charge in [0.15, 0.2) is 0 Å². The maximum atomic E-state index is 6.29. The van der Waals surface area contributed by atoms with E-state index in [-0.39, 0.29) is 21.7 Å². The molecular weight excluding hydrogens is 1170 g/mol. The second-order valence-corrected chi connectivity index (χ2v) is 29.3. The quantitative estimate of drug-likeness (QED) is 0.176. The van der Waals surface area contributed by atoms with E-state index in [4.69, 9.17) is 17.7 Å². The summed E-state index contributed by atoms with van der Waals surface area (Å²) in [6.07, 6.45) is 4.09. The lowest BCUT2D eigenvalue weighted by molar-refractivity contribution is 0.645. The molecule has 16 aromatic rings. The molecule has 4 aliphatic carbocycles. The highest BCUT2D eigenvalue weighted by molar-refractivity contribution is 6.12. The van der Waals surface area contributed by atoms with E-state index in [0.29, 0.717) is 0 Å². The van der Waals surface area contributed by atoms with Gasteiger partial charge in [-0.05, 0) is 210 Å². The third kappa shape index (κ3) is 8.79. The Morgan fingerprint density at radius 3 is 1.08 bits per heavy atom. The minimum absolute atomic E-state index is 0.0205. The van der Waals surface area contributed by atoms with E-state index in [1.807, 2.05) is 0 Å². The first-order valence-electron chi connectivity index (χ1n) is 34.8. The Balaban J connectivity index is 0.0000000968. The van der Waals surface area contributed by atoms with E-state index in [1.54, 1.807) is 0 Å². The van der Waals surface area contributed by atoms with E-state index in [2.05, 4.69) is 301 Å². The highest BCUT2D eigenvalue weighted by atomic mass is 16.3. The van der Waals surface area contributed by atoms with Gasteiger partial charge in [0.05, 0.1) is 0 Å². The number of fused-ring (bicyclic) bond motifs is 24. The van der Waals surface area contributed by atoms with Gasteiger partial charge < -0.3 is 17.7 Å². The number of aryl methyl sites for hydroxylation is 4. The number of furan rings is 4. The lowest BCUT2D eigenvalue weighted by atomic mass is 9.82. The summed E-state index contributed by atoms with van der Waals surface area (Å²) < 4.78 is 24.9. The summed E-state index contributed by atoms with van der Waals surface area (Å²) in [4.78, 5) is 0. The molecule has 0 atom stereocenters. The average Bonchev–Trinajstić information content (AvgIpc) is 1.59. The molecule has 0 fully saturated rings. The van der Waals surface area contributed by atoms with Crippen LogP contribution in [0.1, 0.15) is 150 Å². The first-order valence-corrected chi connectivity index (χ1v) is 34.8. The number of benzene rings is 12. The average molecular weight is 1250 g/mol. The topological polar surface area (TPSA) is 52.6 Å². The van der Waals surface area contributed by atoms with Crippen molar-refractivity contribution in [3.8, 4) is 44.5 Å². The van der Waals surface area contributed by atoms with E-state index in [1.165, 1.54) is 154 Å². The first kappa shape index (κ1) is 59.6. The third-order valence-corrected chi connectivity index (χ3v) is 22.6. The van der Waals surface area contributed by atoms with Gasteiger partial charge in [-0.1, -0.05) is 229 Å². The molecule has 4 aromatic heterocycles. The molecule has 0 radical (unpaired) electrons. The maximum Gasteiger partial charge on any atom is 0.138 e. The van der Waals surface area contributed by atoms with Crippen LogP contribution >= 0.6 is 0 Å². The normalized spacial score (nSPS) is 15.0. The summed E-state index contributed by atoms with van der Waals surface area (Å²) in [6, 6.07) is 79.5. The SMILES string of the molecule is CCc1ccc2c(c1)oc1cc3c(cc12)-c1ccccc1C3(C)C.CCc1ccc2oc3cc4c(cc3c2c1)-c1ccccc1C4(C)C.CCc1cccc2c1oc1cc3c(cc12)-c1ccccc1C3(C)C.CCc1cccc2oc3cc4c(cc3c12)-c1ccccc1C4(C)C. The van der Waals surface area contributed by atoms with Crippen LogP contribution in [0.4, 0.5) is 0 Å². The standard InChI is InChI=1S/4C23H20O/c1-4-14-8-7-10-16-18-12-17-15-9-5-6-11-19(15)23(2,3)20(17)13-21(18)24-22(14)16;1-4-14-8-7-11-20-22(14)17-12-16-15-9-5-6-10-18(15)23(2,3)19(16)13-21(17)24-20;1-4-14-9-10-21-17(11-14)18-12-16-15-7-5-6-8-19(15)23(2,3)20(16)13-22(18)24-21;1-4-14-9-10-16-18-12-17-15-7-5-6-8-19(15)23(2,3)20(17)13-22(18)24-21(16)11-14/h4*5-13H,4H2,1-3H3. The third-order valence-electron chi connectivity index (χ3n) is 22.6. The summed E-state index contributed by atoms with van der Waals surface area (Å²) in [5.74, 6) is 0. The van der Waals surface area contributed by atoms with Gasteiger partial charge in [0.2, 0.25) is 0 Å². The predicted molar refractivity (Wildman–Crippen MR) is 403 cm³/mol. The number of para-hydroxylation sites is 1. The molecule has 12 aromatic carbocycles. The molecule has 0 aliphatic heterocycles. The molecule has 0 saturated heterocycles. The molecule has 0 N–H and O–H groups in total. The minimum atomic E-state index is 0.0205. The van der Waals surface area contributed by atoms with E-state index >= 15 is 0 Å². The van der Waals surface area contributed by atoms with Crippen LogP contribution in [-0.2, 0) is 47.3 Å². The van der Waals surface area contributed by atoms with Gasteiger partial charge in [-0.25, -0.2) is 0 Å². The Bertz CT molecular complexity index is 5810. The molecule has 0 unspecified atom stereocenters. The molecule has 20 rings (SSSR count).